The number of ether oxygens (including phenoxy) is 1. The quantitative estimate of drug-likeness (QED) is 0.509. The lowest BCUT2D eigenvalue weighted by molar-refractivity contribution is 0.103. The van der Waals surface area contributed by atoms with Crippen LogP contribution in [0.15, 0.2) is 19.0 Å². The molecule has 4 N–H and O–H groups in total. The summed E-state index contributed by atoms with van der Waals surface area (Å²) >= 11 is 0. The summed E-state index contributed by atoms with van der Waals surface area (Å²) in [6.45, 7) is 5.13. The van der Waals surface area contributed by atoms with Gasteiger partial charge in [-0.3, -0.25) is 0 Å². The zero-order valence-corrected chi connectivity index (χ0v) is 20.5. The number of anilines is 2. The van der Waals surface area contributed by atoms with E-state index < -0.39 is 0 Å². The molecule has 1 saturated heterocycles. The van der Waals surface area contributed by atoms with Gasteiger partial charge in [0.15, 0.2) is 17.0 Å². The number of fused-ring (bicyclic) bond motifs is 1. The van der Waals surface area contributed by atoms with E-state index >= 15 is 0 Å². The van der Waals surface area contributed by atoms with Crippen LogP contribution in [-0.2, 0) is 4.74 Å². The summed E-state index contributed by atoms with van der Waals surface area (Å²) in [6, 6.07) is 1.30. The van der Waals surface area contributed by atoms with Crippen molar-refractivity contribution in [2.75, 3.05) is 30.3 Å². The van der Waals surface area contributed by atoms with Crippen molar-refractivity contribution in [2.24, 2.45) is 5.73 Å². The lowest BCUT2D eigenvalue weighted by Crippen LogP contribution is -2.42. The van der Waals surface area contributed by atoms with Crippen molar-refractivity contribution in [3.63, 3.8) is 0 Å². The number of hydrogen-bond acceptors (Lipinski definition) is 8. The molecule has 10 nitrogen and oxygen atoms in total. The van der Waals surface area contributed by atoms with Gasteiger partial charge in [-0.2, -0.15) is 9.97 Å². The molecule has 0 aromatic carbocycles. The fourth-order valence-electron chi connectivity index (χ4n) is 5.60. The first-order valence-corrected chi connectivity index (χ1v) is 13.2. The average Bonchev–Trinajstić information content (AvgIpc) is 3.54. The second kappa shape index (κ2) is 10.8. The molecule has 35 heavy (non-hydrogen) atoms. The van der Waals surface area contributed by atoms with Crippen LogP contribution >= 0.6 is 0 Å². The molecule has 2 aromatic rings. The summed E-state index contributed by atoms with van der Waals surface area (Å²) in [7, 11) is 0. The molecule has 1 amide bonds. The Morgan fingerprint density at radius 1 is 1.06 bits per heavy atom. The normalized spacial score (nSPS) is 24.0. The van der Waals surface area contributed by atoms with Crippen LogP contribution in [0, 0.1) is 0 Å². The Bertz CT molecular complexity index is 1020. The third-order valence-corrected chi connectivity index (χ3v) is 7.66. The Labute approximate surface area is 206 Å². The molecule has 3 heterocycles. The van der Waals surface area contributed by atoms with Crippen LogP contribution < -0.4 is 16.4 Å². The molecular weight excluding hydrogens is 444 g/mol. The van der Waals surface area contributed by atoms with Gasteiger partial charge in [0.05, 0.1) is 6.33 Å². The summed E-state index contributed by atoms with van der Waals surface area (Å²) in [5.74, 6) is 1.43. The number of nitrogens with two attached hydrogens (primary N) is 1. The minimum Gasteiger partial charge on any atom is -0.445 e. The van der Waals surface area contributed by atoms with E-state index in [4.69, 9.17) is 25.4 Å². The second-order valence-corrected chi connectivity index (χ2v) is 10.2. The van der Waals surface area contributed by atoms with Gasteiger partial charge in [0, 0.05) is 37.3 Å². The number of imidazole rings is 1. The zero-order chi connectivity index (χ0) is 24.2. The molecule has 1 aliphatic heterocycles. The van der Waals surface area contributed by atoms with Gasteiger partial charge in [-0.05, 0) is 51.4 Å². The molecule has 0 atom stereocenters. The summed E-state index contributed by atoms with van der Waals surface area (Å²) in [4.78, 5) is 28.5. The lowest BCUT2D eigenvalue weighted by atomic mass is 9.92. The van der Waals surface area contributed by atoms with Gasteiger partial charge < -0.3 is 30.6 Å². The minimum atomic E-state index is -0.276. The third-order valence-electron chi connectivity index (χ3n) is 7.66. The van der Waals surface area contributed by atoms with Crippen molar-refractivity contribution < 1.29 is 9.53 Å². The molecule has 0 bridgehead atoms. The summed E-state index contributed by atoms with van der Waals surface area (Å²) < 4.78 is 7.43. The lowest BCUT2D eigenvalue weighted by Gasteiger charge is -2.32. The number of rotatable bonds is 7. The molecule has 2 saturated carbocycles. The van der Waals surface area contributed by atoms with Gasteiger partial charge in [0.25, 0.3) is 0 Å². The van der Waals surface area contributed by atoms with Gasteiger partial charge in [0.2, 0.25) is 5.95 Å². The van der Waals surface area contributed by atoms with Crippen LogP contribution in [0.1, 0.15) is 70.3 Å². The van der Waals surface area contributed by atoms with E-state index in [1.807, 2.05) is 6.33 Å². The van der Waals surface area contributed by atoms with Crippen LogP contribution in [0.4, 0.5) is 16.6 Å². The highest BCUT2D eigenvalue weighted by Crippen LogP contribution is 2.34. The number of amides is 1. The second-order valence-electron chi connectivity index (χ2n) is 10.2. The minimum absolute atomic E-state index is 0.203. The van der Waals surface area contributed by atoms with E-state index in [9.17, 15) is 4.79 Å². The van der Waals surface area contributed by atoms with E-state index in [0.717, 1.165) is 55.5 Å². The summed E-state index contributed by atoms with van der Waals surface area (Å²) in [5.41, 5.74) is 7.82. The van der Waals surface area contributed by atoms with Gasteiger partial charge in [-0.25, -0.2) is 9.78 Å². The zero-order valence-electron chi connectivity index (χ0n) is 20.5. The maximum atomic E-state index is 12.2. The van der Waals surface area contributed by atoms with Gasteiger partial charge in [0.1, 0.15) is 6.61 Å². The van der Waals surface area contributed by atoms with E-state index in [1.54, 1.807) is 11.0 Å². The van der Waals surface area contributed by atoms with Crippen LogP contribution in [-0.4, -0.2) is 68.3 Å². The Morgan fingerprint density at radius 2 is 1.77 bits per heavy atom. The van der Waals surface area contributed by atoms with Crippen molar-refractivity contribution in [3.8, 4) is 0 Å². The monoisotopic (exact) mass is 482 g/mol. The number of nitrogens with zero attached hydrogens (tertiary/aromatic N) is 5. The van der Waals surface area contributed by atoms with E-state index in [0.29, 0.717) is 37.2 Å². The topological polar surface area (TPSA) is 123 Å². The number of piperidine rings is 1. The Hall–Kier alpha value is -2.88. The van der Waals surface area contributed by atoms with Crippen molar-refractivity contribution in [3.05, 3.63) is 19.0 Å². The Kier molecular flexibility index (Phi) is 7.36. The number of carbonyl (C=O) groups is 1. The Morgan fingerprint density at radius 3 is 2.49 bits per heavy atom. The fourth-order valence-corrected chi connectivity index (χ4v) is 5.60. The molecule has 0 unspecified atom stereocenters. The highest BCUT2D eigenvalue weighted by atomic mass is 16.6. The van der Waals surface area contributed by atoms with Crippen molar-refractivity contribution in [2.45, 2.75) is 88.4 Å². The molecule has 190 valence electrons. The first kappa shape index (κ1) is 23.8. The molecule has 5 rings (SSSR count). The first-order chi connectivity index (χ1) is 17.1. The van der Waals surface area contributed by atoms with Crippen LogP contribution in [0.3, 0.4) is 0 Å². The molecule has 0 radical (unpaired) electrons. The highest BCUT2D eigenvalue weighted by Gasteiger charge is 2.27. The summed E-state index contributed by atoms with van der Waals surface area (Å²) in [5, 5.41) is 7.22. The molecule has 3 fully saturated rings. The molecule has 2 aromatic heterocycles. The average molecular weight is 483 g/mol. The number of hydrogen-bond donors (Lipinski definition) is 3. The fraction of sp³-hybridized carbons (Fsp3) is 0.680. The van der Waals surface area contributed by atoms with E-state index in [2.05, 4.69) is 21.8 Å². The maximum absolute atomic E-state index is 12.2. The molecule has 10 heteroatoms. The van der Waals surface area contributed by atoms with E-state index in [-0.39, 0.29) is 18.7 Å². The van der Waals surface area contributed by atoms with Crippen LogP contribution in [0.25, 0.3) is 11.2 Å². The standard InChI is InChI=1S/C25H38N8O2/c1-2-15-35-25(34)32-13-11-19(12-14-32)28-22-21-23(33(16-27-21)20-5-3-4-6-20)31-24(30-22)29-18-9-7-17(26)8-10-18/h2,16-20H,1,3-15,26H2,(H2,28,29,30,31). The molecule has 0 spiro atoms. The van der Waals surface area contributed by atoms with Crippen molar-refractivity contribution in [1.29, 1.82) is 0 Å². The number of nitrogens with one attached hydrogen (secondary N) is 2. The van der Waals surface area contributed by atoms with Crippen LogP contribution in [0.2, 0.25) is 0 Å². The number of carbonyl (C=O) groups excluding carboxylic acids is 1. The van der Waals surface area contributed by atoms with Crippen LogP contribution in [0.5, 0.6) is 0 Å². The SMILES string of the molecule is C=CCOC(=O)N1CCC(Nc2nc(NC3CCC(N)CC3)nc3c2ncn3C2CCCC2)CC1. The molecule has 3 aliphatic rings. The maximum Gasteiger partial charge on any atom is 0.410 e. The van der Waals surface area contributed by atoms with Gasteiger partial charge in [-0.15, -0.1) is 0 Å². The molecular formula is C25H38N8O2. The van der Waals surface area contributed by atoms with Crippen molar-refractivity contribution in [1.82, 2.24) is 24.4 Å². The molecule has 2 aliphatic carbocycles. The third kappa shape index (κ3) is 5.52. The van der Waals surface area contributed by atoms with Gasteiger partial charge >= 0.3 is 6.09 Å². The predicted molar refractivity (Wildman–Crippen MR) is 136 cm³/mol. The first-order valence-electron chi connectivity index (χ1n) is 13.2. The number of aromatic nitrogens is 4. The highest BCUT2D eigenvalue weighted by molar-refractivity contribution is 5.84. The predicted octanol–water partition coefficient (Wildman–Crippen LogP) is 3.82. The number of likely N-dealkylation sites (tertiary alicyclic amines) is 1. The largest absolute Gasteiger partial charge is 0.445 e. The van der Waals surface area contributed by atoms with E-state index in [1.165, 1.54) is 25.7 Å². The smallest absolute Gasteiger partial charge is 0.410 e. The van der Waals surface area contributed by atoms with Gasteiger partial charge in [-0.1, -0.05) is 25.5 Å². The summed E-state index contributed by atoms with van der Waals surface area (Å²) in [6.07, 6.45) is 13.9. The Balaban J connectivity index is 1.33. The van der Waals surface area contributed by atoms with Crippen molar-refractivity contribution >= 4 is 29.0 Å².